The lowest BCUT2D eigenvalue weighted by molar-refractivity contribution is -0.385. The second-order valence-electron chi connectivity index (χ2n) is 5.08. The summed E-state index contributed by atoms with van der Waals surface area (Å²) in [4.78, 5) is 22.5. The Bertz CT molecular complexity index is 531. The molecule has 0 radical (unpaired) electrons. The van der Waals surface area contributed by atoms with Gasteiger partial charge in [0.15, 0.2) is 0 Å². The molecule has 0 aromatic heterocycles. The summed E-state index contributed by atoms with van der Waals surface area (Å²) < 4.78 is 13.3. The van der Waals surface area contributed by atoms with Crippen LogP contribution < -0.4 is 0 Å². The van der Waals surface area contributed by atoms with Gasteiger partial charge in [0.05, 0.1) is 17.5 Å². The number of nitro groups is 1. The number of carbonyl (C=O) groups is 1. The van der Waals surface area contributed by atoms with Crippen molar-refractivity contribution in [1.29, 1.82) is 0 Å². The Balaban J connectivity index is 2.11. The normalized spacial score (nSPS) is 14.5. The highest BCUT2D eigenvalue weighted by Gasteiger charge is 2.25. The van der Waals surface area contributed by atoms with Crippen molar-refractivity contribution >= 4 is 11.7 Å². The van der Waals surface area contributed by atoms with Crippen molar-refractivity contribution in [2.75, 3.05) is 13.1 Å². The molecule has 1 aromatic carbocycles. The number of nitro benzene ring substituents is 1. The van der Waals surface area contributed by atoms with Crippen molar-refractivity contribution in [3.05, 3.63) is 39.7 Å². The second kappa shape index (κ2) is 5.96. The molecule has 0 amide bonds. The van der Waals surface area contributed by atoms with Crippen molar-refractivity contribution in [3.8, 4) is 0 Å². The smallest absolute Gasteiger partial charge is 0.317 e. The van der Waals surface area contributed by atoms with E-state index in [0.29, 0.717) is 18.0 Å². The summed E-state index contributed by atoms with van der Waals surface area (Å²) in [5, 5.41) is 19.6. The molecule has 108 valence electrons. The van der Waals surface area contributed by atoms with E-state index in [1.165, 1.54) is 12.1 Å². The van der Waals surface area contributed by atoms with E-state index in [4.69, 9.17) is 5.11 Å². The minimum absolute atomic E-state index is 0.152. The van der Waals surface area contributed by atoms with E-state index < -0.39 is 16.7 Å². The Morgan fingerprint density at radius 1 is 1.45 bits per heavy atom. The maximum atomic E-state index is 13.3. The van der Waals surface area contributed by atoms with Gasteiger partial charge in [0.1, 0.15) is 5.82 Å². The topological polar surface area (TPSA) is 83.7 Å². The van der Waals surface area contributed by atoms with Gasteiger partial charge in [0.25, 0.3) is 5.69 Å². The molecule has 1 aromatic rings. The van der Waals surface area contributed by atoms with Gasteiger partial charge in [-0.1, -0.05) is 0 Å². The van der Waals surface area contributed by atoms with Crippen LogP contribution in [0.2, 0.25) is 0 Å². The quantitative estimate of drug-likeness (QED) is 0.611. The highest BCUT2D eigenvalue weighted by Crippen LogP contribution is 2.30. The average molecular weight is 282 g/mol. The van der Waals surface area contributed by atoms with Crippen LogP contribution in [-0.2, 0) is 11.3 Å². The van der Waals surface area contributed by atoms with Crippen molar-refractivity contribution in [1.82, 2.24) is 4.90 Å². The molecule has 1 saturated carbocycles. The minimum Gasteiger partial charge on any atom is -0.480 e. The Hall–Kier alpha value is -2.02. The molecule has 0 bridgehead atoms. The second-order valence-corrected chi connectivity index (χ2v) is 5.08. The largest absolute Gasteiger partial charge is 0.480 e. The Morgan fingerprint density at radius 3 is 2.70 bits per heavy atom. The molecule has 7 heteroatoms. The first-order valence-corrected chi connectivity index (χ1v) is 6.32. The van der Waals surface area contributed by atoms with E-state index in [1.807, 2.05) is 0 Å². The van der Waals surface area contributed by atoms with Gasteiger partial charge in [0.2, 0.25) is 0 Å². The molecule has 0 spiro atoms. The maximum absolute atomic E-state index is 13.3. The van der Waals surface area contributed by atoms with Crippen molar-refractivity contribution in [3.63, 3.8) is 0 Å². The van der Waals surface area contributed by atoms with Crippen LogP contribution >= 0.6 is 0 Å². The predicted molar refractivity (Wildman–Crippen MR) is 68.7 cm³/mol. The van der Waals surface area contributed by atoms with Crippen molar-refractivity contribution < 1.29 is 19.2 Å². The van der Waals surface area contributed by atoms with E-state index in [2.05, 4.69) is 0 Å². The summed E-state index contributed by atoms with van der Waals surface area (Å²) in [6.45, 7) is 0.665. The lowest BCUT2D eigenvalue weighted by Gasteiger charge is -2.20. The first-order chi connectivity index (χ1) is 9.44. The third-order valence-electron chi connectivity index (χ3n) is 3.13. The zero-order valence-corrected chi connectivity index (χ0v) is 10.8. The monoisotopic (exact) mass is 282 g/mol. The number of hydrogen-bond donors (Lipinski definition) is 1. The van der Waals surface area contributed by atoms with Gasteiger partial charge in [-0.2, -0.15) is 0 Å². The fourth-order valence-corrected chi connectivity index (χ4v) is 2.13. The van der Waals surface area contributed by atoms with Crippen molar-refractivity contribution in [2.24, 2.45) is 5.92 Å². The molecule has 0 atom stereocenters. The summed E-state index contributed by atoms with van der Waals surface area (Å²) in [6, 6.07) is 3.34. The lowest BCUT2D eigenvalue weighted by Crippen LogP contribution is -2.31. The van der Waals surface area contributed by atoms with Crippen LogP contribution in [0.1, 0.15) is 18.4 Å². The first-order valence-electron chi connectivity index (χ1n) is 6.32. The van der Waals surface area contributed by atoms with Gasteiger partial charge in [-0.15, -0.1) is 0 Å². The molecule has 1 aliphatic carbocycles. The molecule has 0 unspecified atom stereocenters. The van der Waals surface area contributed by atoms with Crippen LogP contribution in [0.3, 0.4) is 0 Å². The van der Waals surface area contributed by atoms with E-state index in [1.54, 1.807) is 4.90 Å². The molecule has 1 N–H and O–H groups in total. The highest BCUT2D eigenvalue weighted by molar-refractivity contribution is 5.69. The van der Waals surface area contributed by atoms with Crippen LogP contribution in [0, 0.1) is 21.8 Å². The number of carboxylic acids is 1. The molecule has 1 fully saturated rings. The summed E-state index contributed by atoms with van der Waals surface area (Å²) >= 11 is 0. The molecule has 2 rings (SSSR count). The van der Waals surface area contributed by atoms with E-state index >= 15 is 0 Å². The van der Waals surface area contributed by atoms with Crippen LogP contribution in [-0.4, -0.2) is 34.0 Å². The van der Waals surface area contributed by atoms with E-state index in [0.717, 1.165) is 18.9 Å². The van der Waals surface area contributed by atoms with Crippen molar-refractivity contribution in [2.45, 2.75) is 19.4 Å². The van der Waals surface area contributed by atoms with Gasteiger partial charge in [-0.3, -0.25) is 19.8 Å². The predicted octanol–water partition coefficient (Wildman–Crippen LogP) is 2.03. The van der Waals surface area contributed by atoms with Gasteiger partial charge in [-0.05, 0) is 30.4 Å². The molecule has 6 nitrogen and oxygen atoms in total. The third-order valence-corrected chi connectivity index (χ3v) is 3.13. The molecule has 20 heavy (non-hydrogen) atoms. The number of rotatable bonds is 7. The molecular formula is C13H15FN2O4. The van der Waals surface area contributed by atoms with Gasteiger partial charge < -0.3 is 5.11 Å². The van der Waals surface area contributed by atoms with Crippen LogP contribution in [0.25, 0.3) is 0 Å². The molecule has 0 aliphatic heterocycles. The summed E-state index contributed by atoms with van der Waals surface area (Å²) in [6.07, 6.45) is 2.14. The summed E-state index contributed by atoms with van der Waals surface area (Å²) in [7, 11) is 0. The Morgan fingerprint density at radius 2 is 2.15 bits per heavy atom. The van der Waals surface area contributed by atoms with Gasteiger partial charge in [0, 0.05) is 19.2 Å². The van der Waals surface area contributed by atoms with E-state index in [-0.39, 0.29) is 18.8 Å². The standard InChI is InChI=1S/C13H15FN2O4/c14-11-3-10(4-12(5-11)16(19)20)7-15(8-13(17)18)6-9-1-2-9/h3-5,9H,1-2,6-8H2,(H,17,18). The number of carboxylic acid groups (broad SMARTS) is 1. The maximum Gasteiger partial charge on any atom is 0.317 e. The summed E-state index contributed by atoms with van der Waals surface area (Å²) in [5.74, 6) is -1.16. The lowest BCUT2D eigenvalue weighted by atomic mass is 10.1. The number of non-ortho nitro benzene ring substituents is 1. The van der Waals surface area contributed by atoms with E-state index in [9.17, 15) is 19.3 Å². The average Bonchev–Trinajstić information content (AvgIpc) is 3.10. The number of halogens is 1. The zero-order chi connectivity index (χ0) is 14.7. The van der Waals surface area contributed by atoms with Gasteiger partial charge >= 0.3 is 5.97 Å². The fourth-order valence-electron chi connectivity index (χ4n) is 2.13. The SMILES string of the molecule is O=C(O)CN(Cc1cc(F)cc([N+](=O)[O-])c1)CC1CC1. The third kappa shape index (κ3) is 4.27. The zero-order valence-electron chi connectivity index (χ0n) is 10.8. The number of hydrogen-bond acceptors (Lipinski definition) is 4. The highest BCUT2D eigenvalue weighted by atomic mass is 19.1. The number of nitrogens with zero attached hydrogens (tertiary/aromatic N) is 2. The molecular weight excluding hydrogens is 267 g/mol. The van der Waals surface area contributed by atoms with Crippen LogP contribution in [0.15, 0.2) is 18.2 Å². The molecule has 1 aliphatic rings. The number of benzene rings is 1. The first kappa shape index (κ1) is 14.4. The molecule has 0 heterocycles. The summed E-state index contributed by atoms with van der Waals surface area (Å²) in [5.41, 5.74) is 0.0975. The van der Waals surface area contributed by atoms with Crippen LogP contribution in [0.5, 0.6) is 0 Å². The minimum atomic E-state index is -0.962. The molecule has 0 saturated heterocycles. The Labute approximate surface area is 115 Å². The Kier molecular flexibility index (Phi) is 4.29. The fraction of sp³-hybridized carbons (Fsp3) is 0.462. The number of aliphatic carboxylic acids is 1. The van der Waals surface area contributed by atoms with Gasteiger partial charge in [-0.25, -0.2) is 4.39 Å². The van der Waals surface area contributed by atoms with Crippen LogP contribution in [0.4, 0.5) is 10.1 Å².